The summed E-state index contributed by atoms with van der Waals surface area (Å²) < 4.78 is 11.1. The summed E-state index contributed by atoms with van der Waals surface area (Å²) in [6, 6.07) is 8.30. The van der Waals surface area contributed by atoms with Gasteiger partial charge in [-0.3, -0.25) is 0 Å². The summed E-state index contributed by atoms with van der Waals surface area (Å²) in [6.07, 6.45) is 3.71. The largest absolute Gasteiger partial charge is 0.493 e. The maximum absolute atomic E-state index is 8.51. The second kappa shape index (κ2) is 7.76. The summed E-state index contributed by atoms with van der Waals surface area (Å²) in [6.45, 7) is 2.70. The molecule has 1 atom stereocenters. The van der Waals surface area contributed by atoms with Gasteiger partial charge < -0.3 is 14.8 Å². The van der Waals surface area contributed by atoms with Gasteiger partial charge in [0.2, 0.25) is 0 Å². The van der Waals surface area contributed by atoms with E-state index in [-0.39, 0.29) is 0 Å². The van der Waals surface area contributed by atoms with Gasteiger partial charge in [0.05, 0.1) is 19.8 Å². The number of ether oxygens (including phenoxy) is 2. The fourth-order valence-electron chi connectivity index (χ4n) is 2.53. The molecule has 108 valence electrons. The highest BCUT2D eigenvalue weighted by molar-refractivity contribution is 5.44. The van der Waals surface area contributed by atoms with Crippen LogP contribution in [0.25, 0.3) is 0 Å². The molecule has 0 amide bonds. The van der Waals surface area contributed by atoms with E-state index in [0.717, 1.165) is 31.0 Å². The molecule has 4 nitrogen and oxygen atoms in total. The number of nitrogens with one attached hydrogen (secondary N) is 1. The van der Waals surface area contributed by atoms with E-state index in [1.165, 1.54) is 18.4 Å². The van der Waals surface area contributed by atoms with E-state index in [9.17, 15) is 0 Å². The van der Waals surface area contributed by atoms with Crippen molar-refractivity contribution < 1.29 is 9.47 Å². The summed E-state index contributed by atoms with van der Waals surface area (Å²) in [5.41, 5.74) is 1.30. The van der Waals surface area contributed by atoms with Gasteiger partial charge in [-0.15, -0.1) is 0 Å². The van der Waals surface area contributed by atoms with Gasteiger partial charge in [-0.2, -0.15) is 5.26 Å². The summed E-state index contributed by atoms with van der Waals surface area (Å²) in [4.78, 5) is 0. The SMILES string of the molecule is COc1cc(C2CCCNC2)ccc1OCCCC#N. The monoisotopic (exact) mass is 274 g/mol. The number of benzene rings is 1. The zero-order chi connectivity index (χ0) is 14.2. The fourth-order valence-corrected chi connectivity index (χ4v) is 2.53. The minimum atomic E-state index is 0.522. The molecule has 20 heavy (non-hydrogen) atoms. The smallest absolute Gasteiger partial charge is 0.161 e. The van der Waals surface area contributed by atoms with Crippen LogP contribution >= 0.6 is 0 Å². The first-order valence-electron chi connectivity index (χ1n) is 7.23. The van der Waals surface area contributed by atoms with E-state index in [1.807, 2.05) is 6.07 Å². The molecule has 1 aliphatic rings. The Bertz CT molecular complexity index is 462. The molecule has 1 aromatic carbocycles. The third-order valence-corrected chi connectivity index (χ3v) is 3.65. The molecule has 1 aromatic rings. The molecule has 1 aliphatic heterocycles. The third kappa shape index (κ3) is 3.88. The highest BCUT2D eigenvalue weighted by Gasteiger charge is 2.17. The lowest BCUT2D eigenvalue weighted by Gasteiger charge is -2.24. The predicted octanol–water partition coefficient (Wildman–Crippen LogP) is 2.84. The molecule has 1 fully saturated rings. The molecule has 0 saturated carbocycles. The van der Waals surface area contributed by atoms with Gasteiger partial charge in [0, 0.05) is 13.0 Å². The molecule has 2 rings (SSSR count). The van der Waals surface area contributed by atoms with Crippen molar-refractivity contribution in [1.82, 2.24) is 5.32 Å². The van der Waals surface area contributed by atoms with Gasteiger partial charge in [-0.05, 0) is 49.4 Å². The lowest BCUT2D eigenvalue weighted by Crippen LogP contribution is -2.28. The molecule has 0 aromatic heterocycles. The Kier molecular flexibility index (Phi) is 5.69. The van der Waals surface area contributed by atoms with Crippen LogP contribution in [0.5, 0.6) is 11.5 Å². The normalized spacial score (nSPS) is 18.3. The summed E-state index contributed by atoms with van der Waals surface area (Å²) >= 11 is 0. The van der Waals surface area contributed by atoms with Crippen molar-refractivity contribution >= 4 is 0 Å². The molecule has 0 bridgehead atoms. The van der Waals surface area contributed by atoms with E-state index in [2.05, 4.69) is 23.5 Å². The van der Waals surface area contributed by atoms with E-state index < -0.39 is 0 Å². The van der Waals surface area contributed by atoms with E-state index in [4.69, 9.17) is 14.7 Å². The first-order chi connectivity index (χ1) is 9.85. The van der Waals surface area contributed by atoms with Crippen molar-refractivity contribution in [2.45, 2.75) is 31.6 Å². The van der Waals surface area contributed by atoms with E-state index in [0.29, 0.717) is 18.9 Å². The van der Waals surface area contributed by atoms with Crippen LogP contribution in [-0.2, 0) is 0 Å². The van der Waals surface area contributed by atoms with Crippen molar-refractivity contribution in [3.8, 4) is 17.6 Å². The number of nitriles is 1. The van der Waals surface area contributed by atoms with Crippen LogP contribution in [-0.4, -0.2) is 26.8 Å². The number of methoxy groups -OCH3 is 1. The maximum atomic E-state index is 8.51. The van der Waals surface area contributed by atoms with Gasteiger partial charge in [0.1, 0.15) is 0 Å². The molecular formula is C16H22N2O2. The highest BCUT2D eigenvalue weighted by Crippen LogP contribution is 2.33. The van der Waals surface area contributed by atoms with Crippen molar-refractivity contribution in [3.63, 3.8) is 0 Å². The molecule has 1 saturated heterocycles. The molecular weight excluding hydrogens is 252 g/mol. The molecule has 1 heterocycles. The number of hydrogen-bond donors (Lipinski definition) is 1. The highest BCUT2D eigenvalue weighted by atomic mass is 16.5. The number of hydrogen-bond acceptors (Lipinski definition) is 4. The van der Waals surface area contributed by atoms with Crippen LogP contribution < -0.4 is 14.8 Å². The molecule has 4 heteroatoms. The van der Waals surface area contributed by atoms with Gasteiger partial charge in [0.25, 0.3) is 0 Å². The van der Waals surface area contributed by atoms with Crippen LogP contribution in [0.4, 0.5) is 0 Å². The number of nitrogens with zero attached hydrogens (tertiary/aromatic N) is 1. The minimum absolute atomic E-state index is 0.522. The first kappa shape index (κ1) is 14.7. The van der Waals surface area contributed by atoms with Crippen molar-refractivity contribution in [2.75, 3.05) is 26.8 Å². The molecule has 0 radical (unpaired) electrons. The predicted molar refractivity (Wildman–Crippen MR) is 78.2 cm³/mol. The third-order valence-electron chi connectivity index (χ3n) is 3.65. The summed E-state index contributed by atoms with van der Waals surface area (Å²) in [7, 11) is 1.67. The van der Waals surface area contributed by atoms with Gasteiger partial charge in [-0.25, -0.2) is 0 Å². The Labute approximate surface area is 120 Å². The number of unbranched alkanes of at least 4 members (excludes halogenated alkanes) is 1. The van der Waals surface area contributed by atoms with Crippen LogP contribution in [0, 0.1) is 11.3 Å². The number of piperidine rings is 1. The molecule has 0 aliphatic carbocycles. The second-order valence-corrected chi connectivity index (χ2v) is 5.06. The van der Waals surface area contributed by atoms with Gasteiger partial charge >= 0.3 is 0 Å². The summed E-state index contributed by atoms with van der Waals surface area (Å²) in [5, 5.41) is 11.9. The average Bonchev–Trinajstić information content (AvgIpc) is 2.52. The zero-order valence-corrected chi connectivity index (χ0v) is 12.0. The maximum Gasteiger partial charge on any atom is 0.161 e. The molecule has 0 spiro atoms. The Balaban J connectivity index is 2.01. The zero-order valence-electron chi connectivity index (χ0n) is 12.0. The Morgan fingerprint density at radius 1 is 1.40 bits per heavy atom. The van der Waals surface area contributed by atoms with Gasteiger partial charge in [0.15, 0.2) is 11.5 Å². The van der Waals surface area contributed by atoms with E-state index in [1.54, 1.807) is 7.11 Å². The Morgan fingerprint density at radius 2 is 2.30 bits per heavy atom. The van der Waals surface area contributed by atoms with Gasteiger partial charge in [-0.1, -0.05) is 6.07 Å². The number of rotatable bonds is 6. The van der Waals surface area contributed by atoms with Crippen molar-refractivity contribution in [3.05, 3.63) is 23.8 Å². The molecule has 1 unspecified atom stereocenters. The first-order valence-corrected chi connectivity index (χ1v) is 7.23. The van der Waals surface area contributed by atoms with Crippen LogP contribution in [0.1, 0.15) is 37.2 Å². The Hall–Kier alpha value is -1.73. The second-order valence-electron chi connectivity index (χ2n) is 5.06. The van der Waals surface area contributed by atoms with Crippen LogP contribution in [0.15, 0.2) is 18.2 Å². The van der Waals surface area contributed by atoms with Crippen molar-refractivity contribution in [1.29, 1.82) is 5.26 Å². The molecule has 1 N–H and O–H groups in total. The van der Waals surface area contributed by atoms with Crippen molar-refractivity contribution in [2.24, 2.45) is 0 Å². The Morgan fingerprint density at radius 3 is 3.00 bits per heavy atom. The fraction of sp³-hybridized carbons (Fsp3) is 0.562. The lowest BCUT2D eigenvalue weighted by molar-refractivity contribution is 0.290. The minimum Gasteiger partial charge on any atom is -0.493 e. The topological polar surface area (TPSA) is 54.3 Å². The lowest BCUT2D eigenvalue weighted by atomic mass is 9.91. The average molecular weight is 274 g/mol. The standard InChI is InChI=1S/C16H22N2O2/c1-19-16-11-13(14-5-4-9-18-12-14)6-7-15(16)20-10-3-2-8-17/h6-7,11,14,18H,2-5,9-10,12H2,1H3. The summed E-state index contributed by atoms with van der Waals surface area (Å²) in [5.74, 6) is 2.10. The van der Waals surface area contributed by atoms with Crippen LogP contribution in [0.2, 0.25) is 0 Å². The quantitative estimate of drug-likeness (QED) is 0.810. The van der Waals surface area contributed by atoms with Crippen LogP contribution in [0.3, 0.4) is 0 Å². The van der Waals surface area contributed by atoms with E-state index >= 15 is 0 Å².